The summed E-state index contributed by atoms with van der Waals surface area (Å²) in [6.07, 6.45) is 0. The molecule has 24 heavy (non-hydrogen) atoms. The van der Waals surface area contributed by atoms with Crippen LogP contribution in [-0.2, 0) is 0 Å². The van der Waals surface area contributed by atoms with Crippen molar-refractivity contribution in [1.29, 1.82) is 0 Å². The zero-order valence-electron chi connectivity index (χ0n) is 14.5. The van der Waals surface area contributed by atoms with E-state index in [-0.39, 0.29) is 0 Å². The third-order valence-electron chi connectivity index (χ3n) is 4.81. The Labute approximate surface area is 144 Å². The van der Waals surface area contributed by atoms with Crippen LogP contribution in [0.3, 0.4) is 0 Å². The maximum Gasteiger partial charge on any atom is 0.0776 e. The van der Waals surface area contributed by atoms with E-state index in [0.717, 1.165) is 0 Å². The smallest absolute Gasteiger partial charge is 0.0656 e. The van der Waals surface area contributed by atoms with Crippen LogP contribution in [0.1, 0.15) is 0 Å². The normalized spacial score (nSPS) is 12.0. The van der Waals surface area contributed by atoms with Gasteiger partial charge in [-0.05, 0) is 38.7 Å². The third kappa shape index (κ3) is 2.55. The van der Waals surface area contributed by atoms with Crippen molar-refractivity contribution in [1.82, 2.24) is 0 Å². The zero-order valence-corrected chi connectivity index (χ0v) is 15.5. The van der Waals surface area contributed by atoms with E-state index in [1.54, 1.807) is 0 Å². The van der Waals surface area contributed by atoms with E-state index in [2.05, 4.69) is 98.5 Å². The Hall–Kier alpha value is -2.38. The second-order valence-electron chi connectivity index (χ2n) is 7.52. The molecule has 0 aliphatic carbocycles. The average molecular weight is 327 g/mol. The Bertz CT molecular complexity index is 1020. The molecule has 0 aromatic heterocycles. The molecule has 0 heterocycles. The van der Waals surface area contributed by atoms with Gasteiger partial charge in [0.15, 0.2) is 0 Å². The van der Waals surface area contributed by atoms with Crippen molar-refractivity contribution in [2.45, 2.75) is 19.6 Å². The number of rotatable bonds is 2. The number of hydrogen-bond acceptors (Lipinski definition) is 0. The molecule has 0 nitrogen and oxygen atoms in total. The molecule has 0 bridgehead atoms. The molecule has 0 fully saturated rings. The van der Waals surface area contributed by atoms with Crippen molar-refractivity contribution in [2.24, 2.45) is 0 Å². The van der Waals surface area contributed by atoms with E-state index in [9.17, 15) is 0 Å². The Balaban J connectivity index is 2.13. The van der Waals surface area contributed by atoms with Crippen LogP contribution in [0, 0.1) is 0 Å². The lowest BCUT2D eigenvalue weighted by Gasteiger charge is -2.19. The van der Waals surface area contributed by atoms with Crippen LogP contribution in [0.2, 0.25) is 19.6 Å². The Morgan fingerprint density at radius 1 is 0.583 bits per heavy atom. The molecule has 4 aromatic carbocycles. The predicted molar refractivity (Wildman–Crippen MR) is 110 cm³/mol. The summed E-state index contributed by atoms with van der Waals surface area (Å²) < 4.78 is 0. The summed E-state index contributed by atoms with van der Waals surface area (Å²) in [6.45, 7) is 7.24. The second-order valence-corrected chi connectivity index (χ2v) is 12.6. The van der Waals surface area contributed by atoms with E-state index in [1.807, 2.05) is 0 Å². The van der Waals surface area contributed by atoms with Crippen LogP contribution in [0.5, 0.6) is 0 Å². The topological polar surface area (TPSA) is 0 Å². The molecule has 4 rings (SSSR count). The quantitative estimate of drug-likeness (QED) is 0.304. The highest BCUT2D eigenvalue weighted by molar-refractivity contribution is 6.88. The van der Waals surface area contributed by atoms with Crippen LogP contribution in [-0.4, -0.2) is 8.07 Å². The molecule has 118 valence electrons. The summed E-state index contributed by atoms with van der Waals surface area (Å²) in [5.74, 6) is 0. The van der Waals surface area contributed by atoms with E-state index in [1.165, 1.54) is 37.9 Å². The van der Waals surface area contributed by atoms with Crippen LogP contribution in [0.25, 0.3) is 32.7 Å². The lowest BCUT2D eigenvalue weighted by molar-refractivity contribution is 1.66. The van der Waals surface area contributed by atoms with E-state index in [4.69, 9.17) is 0 Å². The van der Waals surface area contributed by atoms with Crippen molar-refractivity contribution in [3.8, 4) is 11.1 Å². The SMILES string of the molecule is C[Si](C)(C)c1ccc2c(-c3ccccc3)cc3ccccc3c2c1. The lowest BCUT2D eigenvalue weighted by atomic mass is 9.93. The fraction of sp³-hybridized carbons (Fsp3) is 0.130. The van der Waals surface area contributed by atoms with Crippen molar-refractivity contribution in [2.75, 3.05) is 0 Å². The van der Waals surface area contributed by atoms with Crippen LogP contribution >= 0.6 is 0 Å². The fourth-order valence-electron chi connectivity index (χ4n) is 3.43. The van der Waals surface area contributed by atoms with Crippen molar-refractivity contribution in [3.05, 3.63) is 78.9 Å². The van der Waals surface area contributed by atoms with Gasteiger partial charge in [0, 0.05) is 0 Å². The average Bonchev–Trinajstić information content (AvgIpc) is 2.60. The van der Waals surface area contributed by atoms with Gasteiger partial charge in [-0.3, -0.25) is 0 Å². The van der Waals surface area contributed by atoms with Crippen LogP contribution in [0.15, 0.2) is 78.9 Å². The third-order valence-corrected chi connectivity index (χ3v) is 6.85. The lowest BCUT2D eigenvalue weighted by Crippen LogP contribution is -2.37. The Morgan fingerprint density at radius 2 is 1.29 bits per heavy atom. The maximum atomic E-state index is 2.44. The zero-order chi connectivity index (χ0) is 16.7. The van der Waals surface area contributed by atoms with Crippen molar-refractivity contribution < 1.29 is 0 Å². The molecule has 0 aliphatic heterocycles. The maximum absolute atomic E-state index is 2.44. The summed E-state index contributed by atoms with van der Waals surface area (Å²) in [5, 5.41) is 6.92. The van der Waals surface area contributed by atoms with Crippen molar-refractivity contribution >= 4 is 34.8 Å². The first-order chi connectivity index (χ1) is 11.5. The molecule has 0 atom stereocenters. The highest BCUT2D eigenvalue weighted by Gasteiger charge is 2.18. The van der Waals surface area contributed by atoms with Gasteiger partial charge in [0.05, 0.1) is 8.07 Å². The summed E-state index contributed by atoms with van der Waals surface area (Å²) >= 11 is 0. The molecule has 0 amide bonds. The molecule has 0 saturated heterocycles. The van der Waals surface area contributed by atoms with E-state index < -0.39 is 8.07 Å². The highest BCUT2D eigenvalue weighted by Crippen LogP contribution is 2.34. The Kier molecular flexibility index (Phi) is 3.54. The highest BCUT2D eigenvalue weighted by atomic mass is 28.3. The minimum Gasteiger partial charge on any atom is -0.0656 e. The first-order valence-corrected chi connectivity index (χ1v) is 12.1. The molecule has 4 aromatic rings. The minimum absolute atomic E-state index is 1.29. The van der Waals surface area contributed by atoms with Gasteiger partial charge in [0.25, 0.3) is 0 Å². The molecule has 0 radical (unpaired) electrons. The van der Waals surface area contributed by atoms with Gasteiger partial charge >= 0.3 is 0 Å². The van der Waals surface area contributed by atoms with Crippen LogP contribution in [0.4, 0.5) is 0 Å². The number of fused-ring (bicyclic) bond motifs is 3. The van der Waals surface area contributed by atoms with Gasteiger partial charge < -0.3 is 0 Å². The molecule has 0 aliphatic rings. The van der Waals surface area contributed by atoms with E-state index in [0.29, 0.717) is 0 Å². The molecule has 0 N–H and O–H groups in total. The van der Waals surface area contributed by atoms with Gasteiger partial charge in [0.1, 0.15) is 0 Å². The van der Waals surface area contributed by atoms with Gasteiger partial charge in [-0.1, -0.05) is 97.6 Å². The number of hydrogen-bond donors (Lipinski definition) is 0. The summed E-state index contributed by atoms with van der Waals surface area (Å²) in [4.78, 5) is 0. The van der Waals surface area contributed by atoms with Gasteiger partial charge in [0.2, 0.25) is 0 Å². The minimum atomic E-state index is -1.33. The van der Waals surface area contributed by atoms with Gasteiger partial charge in [-0.2, -0.15) is 0 Å². The van der Waals surface area contributed by atoms with Gasteiger partial charge in [-0.15, -0.1) is 0 Å². The van der Waals surface area contributed by atoms with Gasteiger partial charge in [-0.25, -0.2) is 0 Å². The summed E-state index contributed by atoms with van der Waals surface area (Å²) in [6, 6.07) is 28.9. The fourth-order valence-corrected chi connectivity index (χ4v) is 4.59. The summed E-state index contributed by atoms with van der Waals surface area (Å²) in [7, 11) is -1.33. The number of benzene rings is 4. The molecule has 0 spiro atoms. The molecular weight excluding hydrogens is 304 g/mol. The molecule has 1 heteroatoms. The Morgan fingerprint density at radius 3 is 2.04 bits per heavy atom. The van der Waals surface area contributed by atoms with Crippen molar-refractivity contribution in [3.63, 3.8) is 0 Å². The molecule has 0 unspecified atom stereocenters. The predicted octanol–water partition coefficient (Wildman–Crippen LogP) is 6.21. The first kappa shape index (κ1) is 15.2. The van der Waals surface area contributed by atoms with E-state index >= 15 is 0 Å². The summed E-state index contributed by atoms with van der Waals surface area (Å²) in [5.41, 5.74) is 2.61. The largest absolute Gasteiger partial charge is 0.0776 e. The molecular formula is C23H22Si. The first-order valence-electron chi connectivity index (χ1n) is 8.55. The second kappa shape index (κ2) is 5.61. The standard InChI is InChI=1S/C23H22Si/c1-24(2,3)19-13-14-21-22(17-9-5-4-6-10-17)15-18-11-7-8-12-20(18)23(21)16-19/h4-16H,1-3H3. The van der Waals surface area contributed by atoms with Crippen LogP contribution < -0.4 is 5.19 Å². The monoisotopic (exact) mass is 326 g/mol. The molecule has 0 saturated carbocycles.